The van der Waals surface area contributed by atoms with Crippen LogP contribution in [0.15, 0.2) is 12.4 Å². The summed E-state index contributed by atoms with van der Waals surface area (Å²) in [5, 5.41) is 2.76. The lowest BCUT2D eigenvalue weighted by atomic mass is 10.0. The number of piperazine rings is 1. The first kappa shape index (κ1) is 23.1. The lowest BCUT2D eigenvalue weighted by molar-refractivity contribution is -0.138. The van der Waals surface area contributed by atoms with Crippen LogP contribution in [-0.2, 0) is 15.7 Å². The molecule has 3 rings (SSSR count). The van der Waals surface area contributed by atoms with Crippen molar-refractivity contribution in [2.75, 3.05) is 37.6 Å². The number of hydrogen-bond acceptors (Lipinski definition) is 6. The maximum atomic E-state index is 12.7. The predicted molar refractivity (Wildman–Crippen MR) is 106 cm³/mol. The molecule has 0 radical (unpaired) electrons. The zero-order valence-corrected chi connectivity index (χ0v) is 18.0. The first-order valence-electron chi connectivity index (χ1n) is 10.3. The van der Waals surface area contributed by atoms with Crippen LogP contribution in [0.25, 0.3) is 0 Å². The monoisotopic (exact) mass is 443 g/mol. The second-order valence-corrected chi connectivity index (χ2v) is 9.17. The molecule has 1 aromatic heterocycles. The van der Waals surface area contributed by atoms with Crippen LogP contribution in [0, 0.1) is 5.41 Å². The third-order valence-electron chi connectivity index (χ3n) is 5.37. The van der Waals surface area contributed by atoms with Gasteiger partial charge in [-0.1, -0.05) is 0 Å². The maximum absolute atomic E-state index is 12.7. The first-order chi connectivity index (χ1) is 14.4. The van der Waals surface area contributed by atoms with E-state index in [1.165, 1.54) is 0 Å². The Kier molecular flexibility index (Phi) is 6.33. The fourth-order valence-electron chi connectivity index (χ4n) is 3.39. The van der Waals surface area contributed by atoms with Crippen molar-refractivity contribution in [3.63, 3.8) is 0 Å². The van der Waals surface area contributed by atoms with Gasteiger partial charge >= 0.3 is 12.3 Å². The number of halogens is 3. The summed E-state index contributed by atoms with van der Waals surface area (Å²) in [5.74, 6) is 0.233. The number of hydrogen-bond donors (Lipinski definition) is 1. The number of alkyl carbamates (subject to hydrolysis) is 1. The molecule has 172 valence electrons. The molecule has 0 aromatic carbocycles. The van der Waals surface area contributed by atoms with Gasteiger partial charge in [0.05, 0.1) is 5.56 Å². The number of amides is 2. The quantitative estimate of drug-likeness (QED) is 0.753. The zero-order chi connectivity index (χ0) is 22.9. The highest BCUT2D eigenvalue weighted by Gasteiger charge is 2.45. The second kappa shape index (κ2) is 8.51. The Morgan fingerprint density at radius 3 is 2.16 bits per heavy atom. The van der Waals surface area contributed by atoms with Gasteiger partial charge in [-0.05, 0) is 39.0 Å². The maximum Gasteiger partial charge on any atom is 0.419 e. The normalized spacial score (nSPS) is 18.5. The molecule has 31 heavy (non-hydrogen) atoms. The minimum atomic E-state index is -4.47. The van der Waals surface area contributed by atoms with E-state index in [4.69, 9.17) is 4.74 Å². The summed E-state index contributed by atoms with van der Waals surface area (Å²) in [6.07, 6.45) is -1.33. The zero-order valence-electron chi connectivity index (χ0n) is 18.0. The van der Waals surface area contributed by atoms with E-state index in [-0.39, 0.29) is 17.3 Å². The Morgan fingerprint density at radius 1 is 1.10 bits per heavy atom. The Bertz CT molecular complexity index is 796. The Labute approximate surface area is 179 Å². The average Bonchev–Trinajstić information content (AvgIpc) is 3.44. The van der Waals surface area contributed by atoms with E-state index in [9.17, 15) is 22.8 Å². The number of alkyl halides is 3. The van der Waals surface area contributed by atoms with Crippen molar-refractivity contribution in [3.8, 4) is 0 Å². The highest BCUT2D eigenvalue weighted by molar-refractivity contribution is 5.78. The second-order valence-electron chi connectivity index (χ2n) is 9.17. The first-order valence-corrected chi connectivity index (χ1v) is 10.3. The molecule has 2 heterocycles. The standard InChI is InChI=1S/C20H28F3N5O3/c1-18(2,3)31-17(30)26-13-19(4-5-19)10-15(29)27-6-8-28(9-7-27)16-24-11-14(12-25-16)20(21,22)23/h11-12H,4-10,13H2,1-3H3,(H,26,30). The van der Waals surface area contributed by atoms with Gasteiger partial charge in [-0.2, -0.15) is 13.2 Å². The molecule has 0 unspecified atom stereocenters. The van der Waals surface area contributed by atoms with E-state index in [2.05, 4.69) is 15.3 Å². The van der Waals surface area contributed by atoms with Gasteiger partial charge in [0.2, 0.25) is 11.9 Å². The van der Waals surface area contributed by atoms with E-state index in [1.54, 1.807) is 30.6 Å². The number of carbonyl (C=O) groups excluding carboxylic acids is 2. The minimum absolute atomic E-state index is 0.0106. The summed E-state index contributed by atoms with van der Waals surface area (Å²) in [6, 6.07) is 0. The molecule has 0 bridgehead atoms. The largest absolute Gasteiger partial charge is 0.444 e. The van der Waals surface area contributed by atoms with Crippen LogP contribution < -0.4 is 10.2 Å². The summed E-state index contributed by atoms with van der Waals surface area (Å²) in [5.41, 5.74) is -1.69. The highest BCUT2D eigenvalue weighted by atomic mass is 19.4. The van der Waals surface area contributed by atoms with Crippen molar-refractivity contribution in [3.05, 3.63) is 18.0 Å². The lowest BCUT2D eigenvalue weighted by Gasteiger charge is -2.35. The van der Waals surface area contributed by atoms with Crippen molar-refractivity contribution in [2.24, 2.45) is 5.41 Å². The summed E-state index contributed by atoms with van der Waals surface area (Å²) < 4.78 is 43.2. The molecule has 0 spiro atoms. The van der Waals surface area contributed by atoms with Gasteiger partial charge in [-0.25, -0.2) is 14.8 Å². The van der Waals surface area contributed by atoms with Crippen molar-refractivity contribution in [1.82, 2.24) is 20.2 Å². The van der Waals surface area contributed by atoms with E-state index < -0.39 is 23.4 Å². The fraction of sp³-hybridized carbons (Fsp3) is 0.700. The smallest absolute Gasteiger partial charge is 0.419 e. The number of carbonyl (C=O) groups is 2. The minimum Gasteiger partial charge on any atom is -0.444 e. The molecular formula is C20H28F3N5O3. The summed E-state index contributed by atoms with van der Waals surface area (Å²) in [7, 11) is 0. The van der Waals surface area contributed by atoms with Crippen LogP contribution in [0.3, 0.4) is 0 Å². The molecule has 11 heteroatoms. The molecule has 2 aliphatic rings. The number of rotatable bonds is 5. The van der Waals surface area contributed by atoms with E-state index in [0.29, 0.717) is 39.1 Å². The molecule has 1 saturated carbocycles. The van der Waals surface area contributed by atoms with Crippen LogP contribution >= 0.6 is 0 Å². The van der Waals surface area contributed by atoms with Gasteiger partial charge in [0.1, 0.15) is 5.60 Å². The van der Waals surface area contributed by atoms with E-state index >= 15 is 0 Å². The molecular weight excluding hydrogens is 415 g/mol. The van der Waals surface area contributed by atoms with E-state index in [0.717, 1.165) is 25.2 Å². The lowest BCUT2D eigenvalue weighted by Crippen LogP contribution is -2.50. The summed E-state index contributed by atoms with van der Waals surface area (Å²) in [4.78, 5) is 35.7. The van der Waals surface area contributed by atoms with E-state index in [1.807, 2.05) is 0 Å². The van der Waals surface area contributed by atoms with Gasteiger partial charge in [0.25, 0.3) is 0 Å². The summed E-state index contributed by atoms with van der Waals surface area (Å²) >= 11 is 0. The number of aromatic nitrogens is 2. The fourth-order valence-corrected chi connectivity index (χ4v) is 3.39. The van der Waals surface area contributed by atoms with Crippen LogP contribution in [0.4, 0.5) is 23.9 Å². The molecule has 2 fully saturated rings. The number of nitrogens with zero attached hydrogens (tertiary/aromatic N) is 4. The van der Waals surface area contributed by atoms with Gasteiger partial charge in [0.15, 0.2) is 0 Å². The topological polar surface area (TPSA) is 87.7 Å². The van der Waals surface area contributed by atoms with Gasteiger partial charge in [-0.3, -0.25) is 4.79 Å². The van der Waals surface area contributed by atoms with Crippen LogP contribution in [0.5, 0.6) is 0 Å². The van der Waals surface area contributed by atoms with Gasteiger partial charge in [-0.15, -0.1) is 0 Å². The molecule has 1 aliphatic heterocycles. The average molecular weight is 443 g/mol. The predicted octanol–water partition coefficient (Wildman–Crippen LogP) is 2.84. The highest BCUT2D eigenvalue weighted by Crippen LogP contribution is 2.48. The Hall–Kier alpha value is -2.59. The molecule has 8 nitrogen and oxygen atoms in total. The van der Waals surface area contributed by atoms with Crippen LogP contribution in [0.1, 0.15) is 45.6 Å². The third-order valence-corrected chi connectivity index (χ3v) is 5.37. The van der Waals surface area contributed by atoms with Crippen molar-refractivity contribution >= 4 is 17.9 Å². The van der Waals surface area contributed by atoms with Gasteiger partial charge in [0, 0.05) is 51.5 Å². The van der Waals surface area contributed by atoms with Gasteiger partial charge < -0.3 is 19.9 Å². The molecule has 1 saturated heterocycles. The SMILES string of the molecule is CC(C)(C)OC(=O)NCC1(CC(=O)N2CCN(c3ncc(C(F)(F)F)cn3)CC2)CC1. The molecule has 1 N–H and O–H groups in total. The van der Waals surface area contributed by atoms with Crippen LogP contribution in [0.2, 0.25) is 0 Å². The van der Waals surface area contributed by atoms with Crippen molar-refractivity contribution in [2.45, 2.75) is 51.8 Å². The van der Waals surface area contributed by atoms with Crippen molar-refractivity contribution in [1.29, 1.82) is 0 Å². The summed E-state index contributed by atoms with van der Waals surface area (Å²) in [6.45, 7) is 7.54. The van der Waals surface area contributed by atoms with Crippen LogP contribution in [-0.4, -0.2) is 65.2 Å². The molecule has 0 atom stereocenters. The molecule has 1 aromatic rings. The third kappa shape index (κ3) is 6.44. The number of anilines is 1. The Morgan fingerprint density at radius 2 is 1.68 bits per heavy atom. The number of nitrogens with one attached hydrogen (secondary N) is 1. The number of ether oxygens (including phenoxy) is 1. The molecule has 1 aliphatic carbocycles. The molecule has 2 amide bonds. The van der Waals surface area contributed by atoms with Crippen molar-refractivity contribution < 1.29 is 27.5 Å². The Balaban J connectivity index is 1.45.